The van der Waals surface area contributed by atoms with Crippen LogP contribution in [0, 0.1) is 5.92 Å². The average molecular weight is 520 g/mol. The average Bonchev–Trinajstić information content (AvgIpc) is 3.24. The monoisotopic (exact) mass is 519 g/mol. The second-order valence-electron chi connectivity index (χ2n) is 10.6. The Labute approximate surface area is 219 Å². The highest BCUT2D eigenvalue weighted by molar-refractivity contribution is 5.98. The van der Waals surface area contributed by atoms with E-state index in [2.05, 4.69) is 24.3 Å². The third-order valence-electron chi connectivity index (χ3n) is 8.37. The van der Waals surface area contributed by atoms with Crippen LogP contribution in [-0.2, 0) is 10.9 Å². The number of nitrogens with zero attached hydrogens (tertiary/aromatic N) is 1. The number of piperidine rings is 2. The minimum Gasteiger partial charge on any atom is -0.448 e. The lowest BCUT2D eigenvalue weighted by Gasteiger charge is -2.47. The lowest BCUT2D eigenvalue weighted by Crippen LogP contribution is -2.55. The summed E-state index contributed by atoms with van der Waals surface area (Å²) in [6.07, 6.45) is -1.52. The molecule has 7 heteroatoms. The molecule has 2 unspecified atom stereocenters. The number of ether oxygens (including phenoxy) is 1. The summed E-state index contributed by atoms with van der Waals surface area (Å²) in [4.78, 5) is 28.4. The van der Waals surface area contributed by atoms with Crippen molar-refractivity contribution in [3.8, 4) is 11.1 Å². The number of hydrogen-bond donors (Lipinski definition) is 0. The molecule has 2 heterocycles. The first-order valence-electron chi connectivity index (χ1n) is 13.2. The van der Waals surface area contributed by atoms with E-state index >= 15 is 0 Å². The summed E-state index contributed by atoms with van der Waals surface area (Å²) in [7, 11) is 0. The minimum atomic E-state index is -4.50. The van der Waals surface area contributed by atoms with Crippen LogP contribution < -0.4 is 0 Å². The van der Waals surface area contributed by atoms with Gasteiger partial charge in [-0.25, -0.2) is 4.79 Å². The number of carbonyl (C=O) groups is 2. The first kappa shape index (κ1) is 24.7. The zero-order chi connectivity index (χ0) is 26.4. The van der Waals surface area contributed by atoms with Crippen molar-refractivity contribution in [2.24, 2.45) is 5.92 Å². The molecular weight excluding hydrogens is 491 g/mol. The highest BCUT2D eigenvalue weighted by Crippen LogP contribution is 2.45. The number of alkyl halides is 3. The molecule has 4 nitrogen and oxygen atoms in total. The Kier molecular flexibility index (Phi) is 6.25. The molecule has 38 heavy (non-hydrogen) atoms. The van der Waals surface area contributed by atoms with Crippen molar-refractivity contribution >= 4 is 11.9 Å². The maximum atomic E-state index is 13.4. The van der Waals surface area contributed by atoms with Crippen LogP contribution in [0.5, 0.6) is 0 Å². The molecule has 1 aliphatic carbocycles. The first-order chi connectivity index (χ1) is 18.3. The van der Waals surface area contributed by atoms with E-state index in [1.54, 1.807) is 4.90 Å². The van der Waals surface area contributed by atoms with Gasteiger partial charge >= 0.3 is 12.3 Å². The Hall–Kier alpha value is -3.61. The number of Topliss-reactive ketones (excluding diaryl/α,β-unsaturated/α-hetero) is 1. The largest absolute Gasteiger partial charge is 0.448 e. The highest BCUT2D eigenvalue weighted by Gasteiger charge is 2.44. The van der Waals surface area contributed by atoms with Gasteiger partial charge in [-0.3, -0.25) is 4.79 Å². The number of fused-ring (bicyclic) bond motifs is 5. The summed E-state index contributed by atoms with van der Waals surface area (Å²) in [5.74, 6) is -0.724. The fourth-order valence-corrected chi connectivity index (χ4v) is 6.65. The second kappa shape index (κ2) is 9.61. The Morgan fingerprint density at radius 2 is 1.45 bits per heavy atom. The van der Waals surface area contributed by atoms with Gasteiger partial charge in [-0.15, -0.1) is 0 Å². The van der Waals surface area contributed by atoms with E-state index in [-0.39, 0.29) is 42.0 Å². The molecule has 2 atom stereocenters. The summed E-state index contributed by atoms with van der Waals surface area (Å²) >= 11 is 0. The minimum absolute atomic E-state index is 0.0359. The highest BCUT2D eigenvalue weighted by atomic mass is 19.4. The van der Waals surface area contributed by atoms with Crippen LogP contribution >= 0.6 is 0 Å². The summed E-state index contributed by atoms with van der Waals surface area (Å²) in [5.41, 5.74) is 3.88. The van der Waals surface area contributed by atoms with Gasteiger partial charge in [0.2, 0.25) is 0 Å². The van der Waals surface area contributed by atoms with E-state index in [1.165, 1.54) is 12.1 Å². The number of amides is 1. The fourth-order valence-electron chi connectivity index (χ4n) is 6.65. The van der Waals surface area contributed by atoms with E-state index in [0.29, 0.717) is 12.8 Å². The SMILES string of the molecule is O=C(c1cccc(C(F)(F)F)c1)C1CC2CCCC(C1)N2C(=O)OCC1c2ccccc2-c2ccccc21. The van der Waals surface area contributed by atoms with E-state index in [1.807, 2.05) is 24.3 Å². The van der Waals surface area contributed by atoms with Crippen LogP contribution in [0.4, 0.5) is 18.0 Å². The Morgan fingerprint density at radius 1 is 0.842 bits per heavy atom. The molecule has 2 fully saturated rings. The van der Waals surface area contributed by atoms with Crippen LogP contribution in [0.25, 0.3) is 11.1 Å². The molecule has 0 radical (unpaired) electrons. The Morgan fingerprint density at radius 3 is 2.05 bits per heavy atom. The van der Waals surface area contributed by atoms with Gasteiger partial charge < -0.3 is 9.64 Å². The smallest absolute Gasteiger partial charge is 0.416 e. The van der Waals surface area contributed by atoms with Gasteiger partial charge in [-0.1, -0.05) is 60.7 Å². The van der Waals surface area contributed by atoms with Crippen molar-refractivity contribution in [2.75, 3.05) is 6.61 Å². The number of hydrogen-bond acceptors (Lipinski definition) is 3. The van der Waals surface area contributed by atoms with Crippen molar-refractivity contribution in [3.05, 3.63) is 95.1 Å². The molecular formula is C31H28F3NO3. The lowest BCUT2D eigenvalue weighted by molar-refractivity contribution is -0.137. The Balaban J connectivity index is 1.16. The predicted octanol–water partition coefficient (Wildman–Crippen LogP) is 7.47. The zero-order valence-corrected chi connectivity index (χ0v) is 20.8. The maximum Gasteiger partial charge on any atom is 0.416 e. The van der Waals surface area contributed by atoms with Gasteiger partial charge in [0, 0.05) is 29.5 Å². The molecule has 196 valence electrons. The van der Waals surface area contributed by atoms with Crippen molar-refractivity contribution in [3.63, 3.8) is 0 Å². The third-order valence-corrected chi connectivity index (χ3v) is 8.37. The van der Waals surface area contributed by atoms with Crippen molar-refractivity contribution in [2.45, 2.75) is 56.3 Å². The summed E-state index contributed by atoms with van der Waals surface area (Å²) in [6, 6.07) is 20.7. The van der Waals surface area contributed by atoms with Crippen LogP contribution in [-0.4, -0.2) is 35.5 Å². The van der Waals surface area contributed by atoms with E-state index in [4.69, 9.17) is 4.74 Å². The molecule has 2 aliphatic heterocycles. The molecule has 0 spiro atoms. The van der Waals surface area contributed by atoms with Crippen molar-refractivity contribution < 1.29 is 27.5 Å². The first-order valence-corrected chi connectivity index (χ1v) is 13.2. The van der Waals surface area contributed by atoms with Gasteiger partial charge in [0.05, 0.1) is 5.56 Å². The topological polar surface area (TPSA) is 46.6 Å². The summed E-state index contributed by atoms with van der Waals surface area (Å²) < 4.78 is 45.5. The number of benzene rings is 3. The van der Waals surface area contributed by atoms with E-state index in [9.17, 15) is 22.8 Å². The molecule has 2 bridgehead atoms. The molecule has 3 aromatic rings. The standard InChI is InChI=1S/C31H28F3NO3/c32-31(33,34)21-8-5-7-19(15-21)29(36)20-16-22-9-6-10-23(17-20)35(22)30(37)38-18-28-26-13-3-1-11-24(26)25-12-2-4-14-27(25)28/h1-5,7-8,11-15,20,22-23,28H,6,9-10,16-18H2. The van der Waals surface area contributed by atoms with Crippen molar-refractivity contribution in [1.82, 2.24) is 4.90 Å². The van der Waals surface area contributed by atoms with Gasteiger partial charge in [-0.05, 0) is 66.5 Å². The van der Waals surface area contributed by atoms with Crippen LogP contribution in [0.15, 0.2) is 72.8 Å². The predicted molar refractivity (Wildman–Crippen MR) is 137 cm³/mol. The molecule has 1 amide bonds. The molecule has 0 saturated carbocycles. The summed E-state index contributed by atoms with van der Waals surface area (Å²) in [6.45, 7) is 0.232. The maximum absolute atomic E-state index is 13.4. The molecule has 3 aliphatic rings. The molecule has 3 aromatic carbocycles. The van der Waals surface area contributed by atoms with Gasteiger partial charge in [0.1, 0.15) is 6.61 Å². The fraction of sp³-hybridized carbons (Fsp3) is 0.355. The van der Waals surface area contributed by atoms with E-state index in [0.717, 1.165) is 53.6 Å². The van der Waals surface area contributed by atoms with E-state index < -0.39 is 17.7 Å². The normalized spacial score (nSPS) is 22.5. The molecule has 0 N–H and O–H groups in total. The number of carbonyl (C=O) groups excluding carboxylic acids is 2. The quantitative estimate of drug-likeness (QED) is 0.336. The second-order valence-corrected chi connectivity index (χ2v) is 10.6. The molecule has 6 rings (SSSR count). The number of ketones is 1. The van der Waals surface area contributed by atoms with Crippen LogP contribution in [0.3, 0.4) is 0 Å². The van der Waals surface area contributed by atoms with Crippen LogP contribution in [0.2, 0.25) is 0 Å². The molecule has 0 aromatic heterocycles. The zero-order valence-electron chi connectivity index (χ0n) is 20.8. The third kappa shape index (κ3) is 4.38. The van der Waals surface area contributed by atoms with Crippen molar-refractivity contribution in [1.29, 1.82) is 0 Å². The molecule has 2 saturated heterocycles. The number of rotatable bonds is 4. The Bertz CT molecular complexity index is 1330. The van der Waals surface area contributed by atoms with Gasteiger partial charge in [0.25, 0.3) is 0 Å². The number of halogens is 3. The van der Waals surface area contributed by atoms with Gasteiger partial charge in [-0.2, -0.15) is 13.2 Å². The lowest BCUT2D eigenvalue weighted by atomic mass is 9.75. The van der Waals surface area contributed by atoms with Gasteiger partial charge in [0.15, 0.2) is 5.78 Å². The van der Waals surface area contributed by atoms with Crippen LogP contribution in [0.1, 0.15) is 65.1 Å². The summed E-state index contributed by atoms with van der Waals surface area (Å²) in [5, 5.41) is 0.